The summed E-state index contributed by atoms with van der Waals surface area (Å²) in [6.45, 7) is 10.1. The first-order valence-corrected chi connectivity index (χ1v) is 14.9. The van der Waals surface area contributed by atoms with Crippen LogP contribution in [0.1, 0.15) is 63.6 Å². The molecule has 1 atom stereocenters. The average Bonchev–Trinajstić information content (AvgIpc) is 3.01. The maximum atomic E-state index is 13.7. The molecule has 0 aliphatic carbocycles. The van der Waals surface area contributed by atoms with Crippen LogP contribution in [-0.2, 0) is 28.6 Å². The topological polar surface area (TPSA) is 157 Å². The fourth-order valence-corrected chi connectivity index (χ4v) is 4.42. The number of aromatic nitrogens is 2. The predicted octanol–water partition coefficient (Wildman–Crippen LogP) is 3.24. The molecule has 1 fully saturated rings. The zero-order chi connectivity index (χ0) is 33.0. The van der Waals surface area contributed by atoms with Crippen molar-refractivity contribution in [1.82, 2.24) is 25.1 Å². The van der Waals surface area contributed by atoms with E-state index in [0.29, 0.717) is 5.56 Å². The van der Waals surface area contributed by atoms with Gasteiger partial charge in [-0.1, -0.05) is 30.3 Å². The van der Waals surface area contributed by atoms with Crippen molar-refractivity contribution in [3.05, 3.63) is 53.9 Å². The lowest BCUT2D eigenvalue weighted by Gasteiger charge is -2.36. The Kier molecular flexibility index (Phi) is 12.6. The molecule has 1 saturated heterocycles. The molecule has 1 aliphatic heterocycles. The van der Waals surface area contributed by atoms with E-state index in [9.17, 15) is 24.0 Å². The number of nitrogens with zero attached hydrogens (tertiary/aromatic N) is 4. The van der Waals surface area contributed by atoms with E-state index in [-0.39, 0.29) is 69.4 Å². The van der Waals surface area contributed by atoms with Crippen molar-refractivity contribution in [2.75, 3.05) is 39.4 Å². The monoisotopic (exact) mass is 623 g/mol. The van der Waals surface area contributed by atoms with Crippen LogP contribution in [0.15, 0.2) is 42.5 Å². The van der Waals surface area contributed by atoms with Gasteiger partial charge >= 0.3 is 18.0 Å². The molecule has 0 spiro atoms. The van der Waals surface area contributed by atoms with Crippen LogP contribution in [0, 0.1) is 0 Å². The number of rotatable bonds is 11. The number of carbonyl (C=O) groups excluding carboxylic acids is 5. The molecule has 13 nitrogen and oxygen atoms in total. The van der Waals surface area contributed by atoms with Gasteiger partial charge in [0.15, 0.2) is 5.82 Å². The maximum Gasteiger partial charge on any atom is 0.409 e. The largest absolute Gasteiger partial charge is 0.463 e. The SMILES string of the molecule is CCOC(=O)/C=C/c1cc(C(=O)N[C@@H](CCC(=O)OC(C)(C)C)C(=O)N2CCN(C(=O)OCC)CC2)nc(-c2ccccc2)n1. The Morgan fingerprint density at radius 1 is 0.933 bits per heavy atom. The van der Waals surface area contributed by atoms with Crippen molar-refractivity contribution in [3.8, 4) is 11.4 Å². The third kappa shape index (κ3) is 11.0. The van der Waals surface area contributed by atoms with Crippen LogP contribution >= 0.6 is 0 Å². The fourth-order valence-electron chi connectivity index (χ4n) is 4.42. The standard InChI is InChI=1S/C32H41N5O8/c1-6-43-26(38)15-13-23-21-25(34-28(33-23)22-11-9-8-10-12-22)29(40)35-24(14-16-27(39)45-32(3,4)5)30(41)36-17-19-37(20-18-36)31(42)44-7-2/h8-13,15,21,24H,6-7,14,16-20H2,1-5H3,(H,35,40)/b15-13+/t24-/m0/s1. The Bertz CT molecular complexity index is 1380. The van der Waals surface area contributed by atoms with Crippen LogP contribution in [0.2, 0.25) is 0 Å². The highest BCUT2D eigenvalue weighted by Crippen LogP contribution is 2.18. The van der Waals surface area contributed by atoms with Crippen LogP contribution in [-0.4, -0.2) is 101 Å². The van der Waals surface area contributed by atoms with Gasteiger partial charge in [0, 0.05) is 44.2 Å². The number of carbonyl (C=O) groups is 5. The van der Waals surface area contributed by atoms with Gasteiger partial charge in [0.25, 0.3) is 5.91 Å². The molecule has 2 aromatic rings. The molecular formula is C32H41N5O8. The van der Waals surface area contributed by atoms with E-state index < -0.39 is 41.5 Å². The summed E-state index contributed by atoms with van der Waals surface area (Å²) in [6, 6.07) is 9.28. The second-order valence-corrected chi connectivity index (χ2v) is 11.1. The van der Waals surface area contributed by atoms with E-state index in [1.165, 1.54) is 23.1 Å². The van der Waals surface area contributed by atoms with Gasteiger partial charge in [-0.05, 0) is 53.2 Å². The van der Waals surface area contributed by atoms with Crippen LogP contribution < -0.4 is 5.32 Å². The van der Waals surface area contributed by atoms with E-state index in [2.05, 4.69) is 15.3 Å². The molecular weight excluding hydrogens is 582 g/mol. The molecule has 242 valence electrons. The van der Waals surface area contributed by atoms with E-state index in [1.807, 2.05) is 6.07 Å². The lowest BCUT2D eigenvalue weighted by molar-refractivity contribution is -0.155. The highest BCUT2D eigenvalue weighted by molar-refractivity contribution is 5.97. The normalized spacial score (nSPS) is 14.1. The lowest BCUT2D eigenvalue weighted by Crippen LogP contribution is -2.56. The zero-order valence-corrected chi connectivity index (χ0v) is 26.4. The van der Waals surface area contributed by atoms with Gasteiger partial charge in [-0.3, -0.25) is 14.4 Å². The first kappa shape index (κ1) is 34.7. The van der Waals surface area contributed by atoms with Gasteiger partial charge in [-0.25, -0.2) is 19.6 Å². The number of hydrogen-bond donors (Lipinski definition) is 1. The number of amides is 3. The highest BCUT2D eigenvalue weighted by Gasteiger charge is 2.32. The van der Waals surface area contributed by atoms with Gasteiger partial charge in [-0.2, -0.15) is 0 Å². The molecule has 45 heavy (non-hydrogen) atoms. The smallest absolute Gasteiger partial charge is 0.409 e. The molecule has 2 heterocycles. The summed E-state index contributed by atoms with van der Waals surface area (Å²) in [5.41, 5.74) is 0.143. The molecule has 1 aromatic carbocycles. The Morgan fingerprint density at radius 2 is 1.58 bits per heavy atom. The quantitative estimate of drug-likeness (QED) is 0.224. The summed E-state index contributed by atoms with van der Waals surface area (Å²) in [6.07, 6.45) is 2.01. The van der Waals surface area contributed by atoms with Gasteiger partial charge in [0.2, 0.25) is 5.91 Å². The number of piperazine rings is 1. The third-order valence-corrected chi connectivity index (χ3v) is 6.47. The summed E-state index contributed by atoms with van der Waals surface area (Å²) in [5, 5.41) is 2.74. The molecule has 1 aliphatic rings. The fraction of sp³-hybridized carbons (Fsp3) is 0.469. The minimum absolute atomic E-state index is 0.0240. The second kappa shape index (κ2) is 16.3. The van der Waals surface area contributed by atoms with Crippen molar-refractivity contribution in [2.45, 2.75) is 59.1 Å². The molecule has 1 N–H and O–H groups in total. The molecule has 0 bridgehead atoms. The summed E-state index contributed by atoms with van der Waals surface area (Å²) in [5.74, 6) is -1.93. The Balaban J connectivity index is 1.86. The summed E-state index contributed by atoms with van der Waals surface area (Å²) < 4.78 is 15.4. The van der Waals surface area contributed by atoms with Crippen LogP contribution in [0.4, 0.5) is 4.79 Å². The minimum Gasteiger partial charge on any atom is -0.463 e. The molecule has 3 rings (SSSR count). The zero-order valence-electron chi connectivity index (χ0n) is 26.4. The van der Waals surface area contributed by atoms with Crippen molar-refractivity contribution in [2.24, 2.45) is 0 Å². The van der Waals surface area contributed by atoms with Crippen LogP contribution in [0.3, 0.4) is 0 Å². The van der Waals surface area contributed by atoms with Crippen molar-refractivity contribution >= 4 is 35.9 Å². The average molecular weight is 624 g/mol. The number of benzene rings is 1. The first-order valence-electron chi connectivity index (χ1n) is 14.9. The lowest BCUT2D eigenvalue weighted by atomic mass is 10.1. The summed E-state index contributed by atoms with van der Waals surface area (Å²) >= 11 is 0. The van der Waals surface area contributed by atoms with Gasteiger partial charge in [0.05, 0.1) is 18.9 Å². The van der Waals surface area contributed by atoms with Crippen molar-refractivity contribution < 1.29 is 38.2 Å². The van der Waals surface area contributed by atoms with E-state index in [4.69, 9.17) is 14.2 Å². The summed E-state index contributed by atoms with van der Waals surface area (Å²) in [7, 11) is 0. The van der Waals surface area contributed by atoms with Gasteiger partial charge < -0.3 is 29.3 Å². The van der Waals surface area contributed by atoms with Gasteiger partial charge in [0.1, 0.15) is 17.3 Å². The van der Waals surface area contributed by atoms with E-state index in [1.54, 1.807) is 63.8 Å². The highest BCUT2D eigenvalue weighted by atomic mass is 16.6. The minimum atomic E-state index is -1.09. The molecule has 0 radical (unpaired) electrons. The van der Waals surface area contributed by atoms with E-state index >= 15 is 0 Å². The molecule has 0 saturated carbocycles. The Morgan fingerprint density at radius 3 is 2.20 bits per heavy atom. The number of ether oxygens (including phenoxy) is 3. The molecule has 13 heteroatoms. The number of hydrogen-bond acceptors (Lipinski definition) is 10. The second-order valence-electron chi connectivity index (χ2n) is 11.1. The summed E-state index contributed by atoms with van der Waals surface area (Å²) in [4.78, 5) is 75.9. The maximum absolute atomic E-state index is 13.7. The third-order valence-electron chi connectivity index (χ3n) is 6.47. The van der Waals surface area contributed by atoms with Crippen molar-refractivity contribution in [3.63, 3.8) is 0 Å². The predicted molar refractivity (Wildman–Crippen MR) is 165 cm³/mol. The van der Waals surface area contributed by atoms with E-state index in [0.717, 1.165) is 0 Å². The van der Waals surface area contributed by atoms with Crippen LogP contribution in [0.5, 0.6) is 0 Å². The molecule has 1 aromatic heterocycles. The number of nitrogens with one attached hydrogen (secondary N) is 1. The Labute approximate surface area is 262 Å². The van der Waals surface area contributed by atoms with Gasteiger partial charge in [-0.15, -0.1) is 0 Å². The first-order chi connectivity index (χ1) is 21.4. The molecule has 0 unspecified atom stereocenters. The molecule has 3 amide bonds. The number of esters is 2. The Hall–Kier alpha value is -4.81. The van der Waals surface area contributed by atoms with Crippen molar-refractivity contribution in [1.29, 1.82) is 0 Å². The van der Waals surface area contributed by atoms with Crippen LogP contribution in [0.25, 0.3) is 17.5 Å².